The first kappa shape index (κ1) is 18.7. The molecule has 26 heavy (non-hydrogen) atoms. The van der Waals surface area contributed by atoms with Crippen molar-refractivity contribution in [2.75, 3.05) is 12.3 Å². The number of carbonyl (C=O) groups is 1. The topological polar surface area (TPSA) is 54.9 Å². The number of nitrogens with zero attached hydrogens (tertiary/aromatic N) is 2. The first-order chi connectivity index (χ1) is 12.4. The molecule has 1 aromatic heterocycles. The maximum atomic E-state index is 12.1. The van der Waals surface area contributed by atoms with Crippen molar-refractivity contribution in [1.29, 1.82) is 0 Å². The second kappa shape index (κ2) is 8.06. The highest BCUT2D eigenvalue weighted by Gasteiger charge is 2.08. The lowest BCUT2D eigenvalue weighted by molar-refractivity contribution is 0.0956. The van der Waals surface area contributed by atoms with Crippen LogP contribution in [0.4, 0.5) is 0 Å². The van der Waals surface area contributed by atoms with E-state index < -0.39 is 0 Å². The van der Waals surface area contributed by atoms with Crippen LogP contribution in [0.5, 0.6) is 0 Å². The van der Waals surface area contributed by atoms with E-state index in [2.05, 4.69) is 41.3 Å². The summed E-state index contributed by atoms with van der Waals surface area (Å²) in [6, 6.07) is 11.1. The Morgan fingerprint density at radius 2 is 1.77 bits per heavy atom. The Labute approximate surface area is 162 Å². The van der Waals surface area contributed by atoms with E-state index in [1.165, 1.54) is 11.1 Å². The summed E-state index contributed by atoms with van der Waals surface area (Å²) < 4.78 is 0. The molecular formula is C20H20ClN3OS. The lowest BCUT2D eigenvalue weighted by Gasteiger charge is -2.09. The van der Waals surface area contributed by atoms with Gasteiger partial charge in [-0.1, -0.05) is 23.4 Å². The zero-order valence-corrected chi connectivity index (χ0v) is 16.5. The number of amides is 1. The molecule has 6 heteroatoms. The summed E-state index contributed by atoms with van der Waals surface area (Å²) >= 11 is 7.38. The Morgan fingerprint density at radius 1 is 1.08 bits per heavy atom. The summed E-state index contributed by atoms with van der Waals surface area (Å²) in [5.74, 6) is 0.596. The Hall–Kier alpha value is -2.11. The molecule has 134 valence electrons. The quantitative estimate of drug-likeness (QED) is 0.392. The molecule has 0 bridgehead atoms. The average molecular weight is 386 g/mol. The highest BCUT2D eigenvalue weighted by molar-refractivity contribution is 7.99. The van der Waals surface area contributed by atoms with E-state index in [0.29, 0.717) is 22.9 Å². The number of nitrogens with one attached hydrogen (secondary N) is 1. The van der Waals surface area contributed by atoms with Gasteiger partial charge in [-0.3, -0.25) is 4.79 Å². The molecule has 0 unspecified atom stereocenters. The molecule has 1 N–H and O–H groups in total. The van der Waals surface area contributed by atoms with E-state index in [4.69, 9.17) is 11.6 Å². The molecular weight excluding hydrogens is 366 g/mol. The van der Waals surface area contributed by atoms with Gasteiger partial charge < -0.3 is 5.32 Å². The molecule has 0 spiro atoms. The van der Waals surface area contributed by atoms with Crippen molar-refractivity contribution in [2.24, 2.45) is 0 Å². The van der Waals surface area contributed by atoms with Crippen LogP contribution in [0, 0.1) is 20.8 Å². The van der Waals surface area contributed by atoms with Crippen LogP contribution >= 0.6 is 23.4 Å². The number of carbonyl (C=O) groups excluding carboxylic acids is 1. The maximum absolute atomic E-state index is 12.1. The molecule has 0 atom stereocenters. The third kappa shape index (κ3) is 4.34. The summed E-state index contributed by atoms with van der Waals surface area (Å²) in [6.07, 6.45) is 0. The van der Waals surface area contributed by atoms with Gasteiger partial charge in [0.1, 0.15) is 0 Å². The van der Waals surface area contributed by atoms with Crippen LogP contribution in [0.25, 0.3) is 10.9 Å². The van der Waals surface area contributed by atoms with E-state index in [1.54, 1.807) is 36.0 Å². The maximum Gasteiger partial charge on any atom is 0.251 e. The average Bonchev–Trinajstić information content (AvgIpc) is 2.61. The Bertz CT molecular complexity index is 957. The van der Waals surface area contributed by atoms with Crippen molar-refractivity contribution in [3.8, 4) is 0 Å². The van der Waals surface area contributed by atoms with Gasteiger partial charge in [0.05, 0.1) is 5.52 Å². The number of thioether (sulfide) groups is 1. The zero-order chi connectivity index (χ0) is 18.7. The second-order valence-electron chi connectivity index (χ2n) is 6.16. The third-order valence-electron chi connectivity index (χ3n) is 4.21. The van der Waals surface area contributed by atoms with E-state index in [0.717, 1.165) is 21.8 Å². The van der Waals surface area contributed by atoms with Crippen LogP contribution in [-0.2, 0) is 0 Å². The van der Waals surface area contributed by atoms with Gasteiger partial charge in [-0.05, 0) is 68.3 Å². The minimum atomic E-state index is -0.107. The number of aryl methyl sites for hydroxylation is 3. The molecule has 3 aromatic rings. The Kier molecular flexibility index (Phi) is 5.79. The highest BCUT2D eigenvalue weighted by Crippen LogP contribution is 2.23. The SMILES string of the molecule is Cc1cc2nc(SCCNC(=O)c3ccc(Cl)cc3)nc(C)c2cc1C. The number of aromatic nitrogens is 2. The predicted octanol–water partition coefficient (Wildman–Crippen LogP) is 4.73. The molecule has 0 fully saturated rings. The summed E-state index contributed by atoms with van der Waals surface area (Å²) in [5, 5.41) is 5.34. The molecule has 0 aliphatic heterocycles. The van der Waals surface area contributed by atoms with Crippen molar-refractivity contribution in [2.45, 2.75) is 25.9 Å². The summed E-state index contributed by atoms with van der Waals surface area (Å²) in [5.41, 5.74) is 5.01. The fourth-order valence-corrected chi connectivity index (χ4v) is 3.47. The molecule has 0 saturated carbocycles. The number of hydrogen-bond acceptors (Lipinski definition) is 4. The minimum absolute atomic E-state index is 0.107. The number of fused-ring (bicyclic) bond motifs is 1. The number of halogens is 1. The zero-order valence-electron chi connectivity index (χ0n) is 15.0. The van der Waals surface area contributed by atoms with Crippen LogP contribution in [0.2, 0.25) is 5.02 Å². The lowest BCUT2D eigenvalue weighted by Crippen LogP contribution is -2.25. The van der Waals surface area contributed by atoms with Crippen molar-refractivity contribution in [1.82, 2.24) is 15.3 Å². The molecule has 0 saturated heterocycles. The van der Waals surface area contributed by atoms with Crippen molar-refractivity contribution in [3.05, 3.63) is 63.8 Å². The van der Waals surface area contributed by atoms with E-state index in [1.807, 2.05) is 6.92 Å². The third-order valence-corrected chi connectivity index (χ3v) is 5.31. The fraction of sp³-hybridized carbons (Fsp3) is 0.250. The van der Waals surface area contributed by atoms with E-state index in [9.17, 15) is 4.79 Å². The van der Waals surface area contributed by atoms with Crippen LogP contribution in [0.3, 0.4) is 0 Å². The van der Waals surface area contributed by atoms with Gasteiger partial charge in [-0.15, -0.1) is 0 Å². The molecule has 1 heterocycles. The van der Waals surface area contributed by atoms with Gasteiger partial charge in [-0.25, -0.2) is 9.97 Å². The standard InChI is InChI=1S/C20H20ClN3OS/c1-12-10-17-14(3)23-20(24-18(17)11-13(12)2)26-9-8-22-19(25)15-4-6-16(21)7-5-15/h4-7,10-11H,8-9H2,1-3H3,(H,22,25). The van der Waals surface area contributed by atoms with Gasteiger partial charge in [0, 0.05) is 34.0 Å². The van der Waals surface area contributed by atoms with Gasteiger partial charge in [0.25, 0.3) is 5.91 Å². The fourth-order valence-electron chi connectivity index (χ4n) is 2.59. The van der Waals surface area contributed by atoms with Crippen molar-refractivity contribution in [3.63, 3.8) is 0 Å². The largest absolute Gasteiger partial charge is 0.351 e. The number of hydrogen-bond donors (Lipinski definition) is 1. The summed E-state index contributed by atoms with van der Waals surface area (Å²) in [7, 11) is 0. The molecule has 0 radical (unpaired) electrons. The van der Waals surface area contributed by atoms with Gasteiger partial charge in [0.15, 0.2) is 5.16 Å². The van der Waals surface area contributed by atoms with Gasteiger partial charge >= 0.3 is 0 Å². The highest BCUT2D eigenvalue weighted by atomic mass is 35.5. The molecule has 1 amide bonds. The van der Waals surface area contributed by atoms with Crippen LogP contribution < -0.4 is 5.32 Å². The Morgan fingerprint density at radius 3 is 2.50 bits per heavy atom. The first-order valence-corrected chi connectivity index (χ1v) is 9.72. The first-order valence-electron chi connectivity index (χ1n) is 8.36. The summed E-state index contributed by atoms with van der Waals surface area (Å²) in [6.45, 7) is 6.73. The van der Waals surface area contributed by atoms with Crippen LogP contribution in [-0.4, -0.2) is 28.2 Å². The molecule has 0 aliphatic carbocycles. The van der Waals surface area contributed by atoms with Crippen LogP contribution in [0.15, 0.2) is 41.6 Å². The van der Waals surface area contributed by atoms with Gasteiger partial charge in [0.2, 0.25) is 0 Å². The Balaban J connectivity index is 1.60. The van der Waals surface area contributed by atoms with Crippen molar-refractivity contribution >= 4 is 40.2 Å². The normalized spacial score (nSPS) is 10.9. The molecule has 3 rings (SSSR count). The monoisotopic (exact) mass is 385 g/mol. The minimum Gasteiger partial charge on any atom is -0.351 e. The predicted molar refractivity (Wildman–Crippen MR) is 108 cm³/mol. The smallest absolute Gasteiger partial charge is 0.251 e. The molecule has 4 nitrogen and oxygen atoms in total. The van der Waals surface area contributed by atoms with E-state index in [-0.39, 0.29) is 5.91 Å². The molecule has 0 aliphatic rings. The number of rotatable bonds is 5. The molecule has 2 aromatic carbocycles. The van der Waals surface area contributed by atoms with Crippen molar-refractivity contribution < 1.29 is 4.79 Å². The number of benzene rings is 2. The lowest BCUT2D eigenvalue weighted by atomic mass is 10.1. The summed E-state index contributed by atoms with van der Waals surface area (Å²) in [4.78, 5) is 21.3. The van der Waals surface area contributed by atoms with Crippen LogP contribution in [0.1, 0.15) is 27.2 Å². The second-order valence-corrected chi connectivity index (χ2v) is 7.65. The van der Waals surface area contributed by atoms with E-state index >= 15 is 0 Å². The van der Waals surface area contributed by atoms with Gasteiger partial charge in [-0.2, -0.15) is 0 Å².